The Bertz CT molecular complexity index is 1440. The average molecular weight is 548 g/mol. The zero-order valence-corrected chi connectivity index (χ0v) is 23.0. The van der Waals surface area contributed by atoms with Crippen molar-refractivity contribution in [2.45, 2.75) is 46.4 Å². The van der Waals surface area contributed by atoms with Crippen molar-refractivity contribution in [2.75, 3.05) is 6.61 Å². The summed E-state index contributed by atoms with van der Waals surface area (Å²) in [5, 5.41) is 11.7. The summed E-state index contributed by atoms with van der Waals surface area (Å²) in [5.74, 6) is -1.91. The maximum absolute atomic E-state index is 13.4. The molecule has 1 fully saturated rings. The number of benzene rings is 3. The Morgan fingerprint density at radius 1 is 1.03 bits per heavy atom. The summed E-state index contributed by atoms with van der Waals surface area (Å²) >= 11 is 6.22. The minimum absolute atomic E-state index is 0.0208. The predicted molar refractivity (Wildman–Crippen MR) is 149 cm³/mol. The van der Waals surface area contributed by atoms with Gasteiger partial charge in [-0.3, -0.25) is 9.59 Å². The Morgan fingerprint density at radius 2 is 1.72 bits per heavy atom. The number of esters is 1. The third-order valence-corrected chi connectivity index (χ3v) is 6.60. The van der Waals surface area contributed by atoms with Gasteiger partial charge in [0.15, 0.2) is 0 Å². The van der Waals surface area contributed by atoms with Crippen LogP contribution in [0.2, 0.25) is 5.02 Å². The largest absolute Gasteiger partial charge is 0.507 e. The van der Waals surface area contributed by atoms with Gasteiger partial charge in [0.25, 0.3) is 11.7 Å². The zero-order valence-electron chi connectivity index (χ0n) is 22.2. The van der Waals surface area contributed by atoms with E-state index < -0.39 is 23.7 Å². The van der Waals surface area contributed by atoms with Gasteiger partial charge < -0.3 is 19.5 Å². The number of amides is 1. The molecule has 0 saturated carbocycles. The van der Waals surface area contributed by atoms with Gasteiger partial charge in [0.05, 0.1) is 34.9 Å². The summed E-state index contributed by atoms with van der Waals surface area (Å²) in [6.07, 6.45) is -0.247. The molecule has 1 heterocycles. The molecule has 1 unspecified atom stereocenters. The first-order chi connectivity index (χ1) is 18.6. The van der Waals surface area contributed by atoms with Crippen LogP contribution in [0.3, 0.4) is 0 Å². The Morgan fingerprint density at radius 3 is 2.36 bits per heavy atom. The number of aryl methyl sites for hydroxylation is 1. The molecule has 1 aliphatic heterocycles. The van der Waals surface area contributed by atoms with Crippen molar-refractivity contribution in [1.82, 2.24) is 4.90 Å². The number of halogens is 1. The van der Waals surface area contributed by atoms with Gasteiger partial charge in [-0.15, -0.1) is 0 Å². The summed E-state index contributed by atoms with van der Waals surface area (Å²) in [7, 11) is 0. The minimum atomic E-state index is -0.832. The maximum Gasteiger partial charge on any atom is 0.338 e. The van der Waals surface area contributed by atoms with Crippen LogP contribution >= 0.6 is 11.6 Å². The molecule has 1 atom stereocenters. The Labute approximate surface area is 232 Å². The molecule has 39 heavy (non-hydrogen) atoms. The van der Waals surface area contributed by atoms with Gasteiger partial charge in [-0.25, -0.2) is 4.79 Å². The maximum atomic E-state index is 13.4. The van der Waals surface area contributed by atoms with E-state index in [9.17, 15) is 19.5 Å². The number of hydrogen-bond donors (Lipinski definition) is 1. The van der Waals surface area contributed by atoms with Crippen molar-refractivity contribution < 1.29 is 29.0 Å². The molecule has 1 saturated heterocycles. The van der Waals surface area contributed by atoms with Crippen molar-refractivity contribution >= 4 is 35.0 Å². The van der Waals surface area contributed by atoms with E-state index in [-0.39, 0.29) is 24.0 Å². The first kappa shape index (κ1) is 27.9. The lowest BCUT2D eigenvalue weighted by atomic mass is 9.94. The van der Waals surface area contributed by atoms with E-state index in [2.05, 4.69) is 0 Å². The molecule has 0 bridgehead atoms. The summed E-state index contributed by atoms with van der Waals surface area (Å²) in [6.45, 7) is 7.73. The summed E-state index contributed by atoms with van der Waals surface area (Å²) in [4.78, 5) is 40.4. The van der Waals surface area contributed by atoms with Crippen LogP contribution in [-0.4, -0.2) is 40.4 Å². The number of nitrogens with zero attached hydrogens (tertiary/aromatic N) is 1. The fourth-order valence-electron chi connectivity index (χ4n) is 4.53. The highest BCUT2D eigenvalue weighted by Crippen LogP contribution is 2.41. The topological polar surface area (TPSA) is 93.1 Å². The third kappa shape index (κ3) is 5.99. The van der Waals surface area contributed by atoms with Crippen molar-refractivity contribution in [2.24, 2.45) is 0 Å². The van der Waals surface area contributed by atoms with Crippen LogP contribution in [0.25, 0.3) is 5.76 Å². The Hall–Kier alpha value is -4.10. The number of rotatable bonds is 8. The zero-order chi connectivity index (χ0) is 28.3. The number of aliphatic hydroxyl groups excluding tert-OH is 1. The van der Waals surface area contributed by atoms with Gasteiger partial charge >= 0.3 is 5.97 Å². The van der Waals surface area contributed by atoms with E-state index in [1.807, 2.05) is 38.1 Å². The van der Waals surface area contributed by atoms with Crippen LogP contribution in [0.1, 0.15) is 59.4 Å². The second-order valence-corrected chi connectivity index (χ2v) is 9.98. The molecule has 3 aromatic rings. The highest BCUT2D eigenvalue weighted by molar-refractivity contribution is 6.46. The number of Topliss-reactive ketones (excluding diaryl/α,β-unsaturated/α-hetero) is 1. The number of ether oxygens (including phenoxy) is 2. The molecule has 1 N–H and O–H groups in total. The molecule has 0 aromatic heterocycles. The number of aliphatic hydroxyl groups is 1. The Kier molecular flexibility index (Phi) is 8.41. The van der Waals surface area contributed by atoms with Gasteiger partial charge in [0.1, 0.15) is 11.5 Å². The molecule has 3 aromatic carbocycles. The molecule has 0 spiro atoms. The first-order valence-electron chi connectivity index (χ1n) is 12.7. The molecule has 0 radical (unpaired) electrons. The smallest absolute Gasteiger partial charge is 0.338 e. The number of carbonyl (C=O) groups excluding carboxylic acids is 3. The standard InChI is InChI=1S/C31H30ClNO6/c1-5-38-25-16-23(13-14-24(25)32)28(34)26-27(22-8-6-7-19(4)15-22)33(30(36)29(26)35)17-20-9-11-21(12-10-20)31(37)39-18(2)3/h6-16,18,27,34H,5,17H2,1-4H3/b28-26-. The van der Waals surface area contributed by atoms with E-state index in [0.717, 1.165) is 5.56 Å². The second kappa shape index (κ2) is 11.7. The number of ketones is 1. The fourth-order valence-corrected chi connectivity index (χ4v) is 4.70. The highest BCUT2D eigenvalue weighted by atomic mass is 35.5. The second-order valence-electron chi connectivity index (χ2n) is 9.57. The quantitative estimate of drug-likeness (QED) is 0.155. The summed E-state index contributed by atoms with van der Waals surface area (Å²) in [6, 6.07) is 18.0. The minimum Gasteiger partial charge on any atom is -0.507 e. The molecule has 8 heteroatoms. The summed E-state index contributed by atoms with van der Waals surface area (Å²) in [5.41, 5.74) is 3.01. The number of hydrogen-bond acceptors (Lipinski definition) is 6. The third-order valence-electron chi connectivity index (χ3n) is 6.29. The van der Waals surface area contributed by atoms with Gasteiger partial charge in [-0.2, -0.15) is 0 Å². The van der Waals surface area contributed by atoms with E-state index in [1.54, 1.807) is 56.3 Å². The van der Waals surface area contributed by atoms with Crippen molar-refractivity contribution in [3.8, 4) is 5.75 Å². The van der Waals surface area contributed by atoms with Crippen LogP contribution in [0.5, 0.6) is 5.75 Å². The SMILES string of the molecule is CCOc1cc(/C(O)=C2/C(=O)C(=O)N(Cc3ccc(C(=O)OC(C)C)cc3)C2c2cccc(C)c2)ccc1Cl. The molecule has 0 aliphatic carbocycles. The van der Waals surface area contributed by atoms with Crippen molar-refractivity contribution in [1.29, 1.82) is 0 Å². The van der Waals surface area contributed by atoms with Crippen LogP contribution in [-0.2, 0) is 20.9 Å². The van der Waals surface area contributed by atoms with Gasteiger partial charge in [-0.05, 0) is 69.2 Å². The van der Waals surface area contributed by atoms with Crippen LogP contribution < -0.4 is 4.74 Å². The monoisotopic (exact) mass is 547 g/mol. The average Bonchev–Trinajstić information content (AvgIpc) is 3.14. The normalized spacial score (nSPS) is 16.6. The van der Waals surface area contributed by atoms with E-state index in [1.165, 1.54) is 4.90 Å². The van der Waals surface area contributed by atoms with Gasteiger partial charge in [0, 0.05) is 12.1 Å². The van der Waals surface area contributed by atoms with Crippen LogP contribution in [0, 0.1) is 6.92 Å². The fraction of sp³-hybridized carbons (Fsp3) is 0.258. The Balaban J connectivity index is 1.76. The molecule has 1 aliphatic rings. The number of carbonyl (C=O) groups is 3. The molecule has 1 amide bonds. The first-order valence-corrected chi connectivity index (χ1v) is 13.1. The van der Waals surface area contributed by atoms with Crippen molar-refractivity contribution in [3.63, 3.8) is 0 Å². The molecular formula is C31H30ClNO6. The predicted octanol–water partition coefficient (Wildman–Crippen LogP) is 6.23. The number of likely N-dealkylation sites (tertiary alicyclic amines) is 1. The van der Waals surface area contributed by atoms with Crippen LogP contribution in [0.4, 0.5) is 0 Å². The van der Waals surface area contributed by atoms with Crippen LogP contribution in [0.15, 0.2) is 72.3 Å². The molecule has 4 rings (SSSR count). The lowest BCUT2D eigenvalue weighted by Gasteiger charge is -2.26. The van der Waals surface area contributed by atoms with E-state index >= 15 is 0 Å². The molecule has 202 valence electrons. The lowest BCUT2D eigenvalue weighted by molar-refractivity contribution is -0.140. The highest BCUT2D eigenvalue weighted by Gasteiger charge is 2.46. The van der Waals surface area contributed by atoms with E-state index in [0.29, 0.717) is 39.6 Å². The molecular weight excluding hydrogens is 518 g/mol. The van der Waals surface area contributed by atoms with E-state index in [4.69, 9.17) is 21.1 Å². The van der Waals surface area contributed by atoms with Gasteiger partial charge in [0.2, 0.25) is 0 Å². The lowest BCUT2D eigenvalue weighted by Crippen LogP contribution is -2.29. The molecule has 7 nitrogen and oxygen atoms in total. The van der Waals surface area contributed by atoms with Gasteiger partial charge in [-0.1, -0.05) is 53.6 Å². The van der Waals surface area contributed by atoms with Crippen molar-refractivity contribution in [3.05, 3.63) is 105 Å². The summed E-state index contributed by atoms with van der Waals surface area (Å²) < 4.78 is 10.8.